The molecule has 17 heavy (non-hydrogen) atoms. The normalized spacial score (nSPS) is 13.9. The van der Waals surface area contributed by atoms with Crippen LogP contribution in [-0.4, -0.2) is 19.8 Å². The fourth-order valence-corrected chi connectivity index (χ4v) is 3.60. The maximum atomic E-state index is 12.0. The molecule has 0 aliphatic rings. The Morgan fingerprint density at radius 3 is 2.41 bits per heavy atom. The molecule has 0 aromatic heterocycles. The first-order valence-electron chi connectivity index (χ1n) is 5.23. The summed E-state index contributed by atoms with van der Waals surface area (Å²) in [7, 11) is -3.45. The Labute approximate surface area is 119 Å². The maximum absolute atomic E-state index is 12.0. The molecule has 6 heteroatoms. The Morgan fingerprint density at radius 2 is 1.88 bits per heavy atom. The lowest BCUT2D eigenvalue weighted by molar-refractivity contribution is 0.562. The van der Waals surface area contributed by atoms with E-state index in [1.165, 1.54) is 0 Å². The number of benzene rings is 1. The van der Waals surface area contributed by atoms with E-state index >= 15 is 0 Å². The molecule has 0 spiro atoms. The van der Waals surface area contributed by atoms with Gasteiger partial charge in [-0.2, -0.15) is 0 Å². The number of alkyl halides is 1. The fraction of sp³-hybridized carbons (Fsp3) is 0.455. The number of sulfonamides is 1. The summed E-state index contributed by atoms with van der Waals surface area (Å²) in [4.78, 5) is 0.392. The first-order chi connectivity index (χ1) is 7.84. The molecule has 1 atom stereocenters. The summed E-state index contributed by atoms with van der Waals surface area (Å²) >= 11 is 6.68. The highest BCUT2D eigenvalue weighted by Gasteiger charge is 2.19. The lowest BCUT2D eigenvalue weighted by Crippen LogP contribution is -2.31. The van der Waals surface area contributed by atoms with E-state index in [1.54, 1.807) is 24.3 Å². The highest BCUT2D eigenvalue weighted by Crippen LogP contribution is 2.21. The van der Waals surface area contributed by atoms with Gasteiger partial charge in [0, 0.05) is 15.8 Å². The Hall–Kier alpha value is 0.0900. The van der Waals surface area contributed by atoms with Gasteiger partial charge < -0.3 is 0 Å². The zero-order valence-corrected chi connectivity index (χ0v) is 13.6. The van der Waals surface area contributed by atoms with Gasteiger partial charge in [0.25, 0.3) is 0 Å². The molecule has 0 saturated heterocycles. The third kappa shape index (κ3) is 4.35. The number of hydrogen-bond donors (Lipinski definition) is 1. The van der Waals surface area contributed by atoms with Crippen LogP contribution in [0, 0.1) is 5.92 Å². The minimum Gasteiger partial charge on any atom is -0.210 e. The predicted octanol–water partition coefficient (Wildman–Crippen LogP) is 3.15. The lowest BCUT2D eigenvalue weighted by Gasteiger charge is -2.15. The molecule has 96 valence electrons. The van der Waals surface area contributed by atoms with E-state index in [9.17, 15) is 8.42 Å². The Kier molecular flexibility index (Phi) is 5.63. The molecular weight excluding hydrogens is 370 g/mol. The monoisotopic (exact) mass is 383 g/mol. The van der Waals surface area contributed by atoms with Crippen LogP contribution in [0.4, 0.5) is 0 Å². The predicted molar refractivity (Wildman–Crippen MR) is 76.9 cm³/mol. The van der Waals surface area contributed by atoms with Gasteiger partial charge in [-0.1, -0.05) is 41.9 Å². The summed E-state index contributed by atoms with van der Waals surface area (Å²) in [6.45, 7) is 4.44. The average molecular weight is 385 g/mol. The summed E-state index contributed by atoms with van der Waals surface area (Å²) in [6.07, 6.45) is 0. The molecule has 0 aliphatic heterocycles. The van der Waals surface area contributed by atoms with Gasteiger partial charge in [-0.25, -0.2) is 13.1 Å². The summed E-state index contributed by atoms with van der Waals surface area (Å²) in [5, 5.41) is 0. The van der Waals surface area contributed by atoms with Crippen LogP contribution in [0.15, 0.2) is 33.6 Å². The van der Waals surface area contributed by atoms with Crippen LogP contribution in [0.1, 0.15) is 13.8 Å². The smallest absolute Gasteiger partial charge is 0.210 e. The third-order valence-corrected chi connectivity index (χ3v) is 6.13. The molecule has 3 nitrogen and oxygen atoms in total. The molecule has 1 aromatic rings. The largest absolute Gasteiger partial charge is 0.241 e. The zero-order valence-electron chi connectivity index (χ0n) is 9.65. The minimum absolute atomic E-state index is 0.125. The molecule has 0 heterocycles. The van der Waals surface area contributed by atoms with Gasteiger partial charge in [0.2, 0.25) is 10.0 Å². The molecule has 1 unspecified atom stereocenters. The van der Waals surface area contributed by atoms with E-state index < -0.39 is 10.0 Å². The van der Waals surface area contributed by atoms with Crippen molar-refractivity contribution in [2.24, 2.45) is 5.92 Å². The van der Waals surface area contributed by atoms with E-state index in [1.807, 2.05) is 13.8 Å². The summed E-state index contributed by atoms with van der Waals surface area (Å²) < 4.78 is 27.2. The van der Waals surface area contributed by atoms with E-state index in [0.717, 1.165) is 0 Å². The molecule has 0 amide bonds. The zero-order chi connectivity index (χ0) is 13.1. The SMILES string of the molecule is CC(C)C(Br)CNS(=O)(=O)c1ccccc1Br. The second-order valence-electron chi connectivity index (χ2n) is 4.04. The van der Waals surface area contributed by atoms with Crippen molar-refractivity contribution >= 4 is 41.9 Å². The molecule has 0 fully saturated rings. The van der Waals surface area contributed by atoms with Crippen molar-refractivity contribution < 1.29 is 8.42 Å². The average Bonchev–Trinajstić information content (AvgIpc) is 2.26. The quantitative estimate of drug-likeness (QED) is 0.792. The Balaban J connectivity index is 2.80. The van der Waals surface area contributed by atoms with Crippen LogP contribution in [0.3, 0.4) is 0 Å². The number of halogens is 2. The molecule has 0 bridgehead atoms. The maximum Gasteiger partial charge on any atom is 0.241 e. The van der Waals surface area contributed by atoms with Gasteiger partial charge in [-0.3, -0.25) is 0 Å². The first-order valence-corrected chi connectivity index (χ1v) is 8.42. The van der Waals surface area contributed by atoms with Crippen molar-refractivity contribution in [1.29, 1.82) is 0 Å². The van der Waals surface area contributed by atoms with Crippen molar-refractivity contribution in [2.75, 3.05) is 6.54 Å². The molecule has 0 radical (unpaired) electrons. The number of nitrogens with one attached hydrogen (secondary N) is 1. The molecule has 1 aromatic carbocycles. The third-order valence-electron chi connectivity index (χ3n) is 2.32. The van der Waals surface area contributed by atoms with Gasteiger partial charge in [-0.15, -0.1) is 0 Å². The van der Waals surface area contributed by atoms with Crippen LogP contribution in [0.2, 0.25) is 0 Å². The van der Waals surface area contributed by atoms with Crippen molar-refractivity contribution in [3.63, 3.8) is 0 Å². The second kappa shape index (κ2) is 6.31. The number of rotatable bonds is 5. The lowest BCUT2D eigenvalue weighted by atomic mass is 10.1. The molecule has 0 saturated carbocycles. The fourth-order valence-electron chi connectivity index (χ4n) is 1.17. The first kappa shape index (κ1) is 15.1. The Bertz CT molecular complexity index is 474. The van der Waals surface area contributed by atoms with Gasteiger partial charge in [0.15, 0.2) is 0 Å². The minimum atomic E-state index is -3.45. The molecule has 0 aliphatic carbocycles. The van der Waals surface area contributed by atoms with Crippen LogP contribution >= 0.6 is 31.9 Å². The topological polar surface area (TPSA) is 46.2 Å². The highest BCUT2D eigenvalue weighted by molar-refractivity contribution is 9.10. The van der Waals surface area contributed by atoms with Crippen molar-refractivity contribution in [2.45, 2.75) is 23.6 Å². The summed E-state index contributed by atoms with van der Waals surface area (Å²) in [6, 6.07) is 6.77. The van der Waals surface area contributed by atoms with Crippen molar-refractivity contribution in [3.8, 4) is 0 Å². The summed E-state index contributed by atoms with van der Waals surface area (Å²) in [5.41, 5.74) is 0. The molecular formula is C11H15Br2NO2S. The Morgan fingerprint density at radius 1 is 1.29 bits per heavy atom. The molecule has 1 N–H and O–H groups in total. The van der Waals surface area contributed by atoms with Gasteiger partial charge in [0.05, 0.1) is 4.90 Å². The van der Waals surface area contributed by atoms with Crippen molar-refractivity contribution in [1.82, 2.24) is 4.72 Å². The van der Waals surface area contributed by atoms with Crippen LogP contribution in [0.5, 0.6) is 0 Å². The standard InChI is InChI=1S/C11H15Br2NO2S/c1-8(2)10(13)7-14-17(15,16)11-6-4-3-5-9(11)12/h3-6,8,10,14H,7H2,1-2H3. The molecule has 1 rings (SSSR count). The highest BCUT2D eigenvalue weighted by atomic mass is 79.9. The second-order valence-corrected chi connectivity index (χ2v) is 7.81. The van der Waals surface area contributed by atoms with Gasteiger partial charge in [-0.05, 0) is 34.0 Å². The summed E-state index contributed by atoms with van der Waals surface area (Å²) in [5.74, 6) is 0.372. The van der Waals surface area contributed by atoms with Gasteiger partial charge >= 0.3 is 0 Å². The van der Waals surface area contributed by atoms with E-state index in [4.69, 9.17) is 0 Å². The van der Waals surface area contributed by atoms with Crippen LogP contribution in [-0.2, 0) is 10.0 Å². The number of hydrogen-bond acceptors (Lipinski definition) is 2. The van der Waals surface area contributed by atoms with Crippen molar-refractivity contribution in [3.05, 3.63) is 28.7 Å². The van der Waals surface area contributed by atoms with E-state index in [0.29, 0.717) is 16.9 Å². The van der Waals surface area contributed by atoms with E-state index in [-0.39, 0.29) is 9.72 Å². The van der Waals surface area contributed by atoms with Crippen LogP contribution < -0.4 is 4.72 Å². The van der Waals surface area contributed by atoms with Crippen LogP contribution in [0.25, 0.3) is 0 Å². The van der Waals surface area contributed by atoms with E-state index in [2.05, 4.69) is 36.6 Å². The van der Waals surface area contributed by atoms with Gasteiger partial charge in [0.1, 0.15) is 0 Å².